The molecule has 0 atom stereocenters. The van der Waals surface area contributed by atoms with Crippen LogP contribution < -0.4 is 9.80 Å². The van der Waals surface area contributed by atoms with Gasteiger partial charge >= 0.3 is 0 Å². The molecule has 0 saturated carbocycles. The molecule has 3 heteroatoms. The van der Waals surface area contributed by atoms with Crippen LogP contribution in [-0.4, -0.2) is 18.0 Å². The van der Waals surface area contributed by atoms with Gasteiger partial charge in [0, 0.05) is 23.3 Å². The maximum atomic E-state index is 9.16. The first kappa shape index (κ1) is 19.2. The number of fused-ring (bicyclic) bond motifs is 1. The lowest BCUT2D eigenvalue weighted by Crippen LogP contribution is -2.50. The predicted octanol–water partition coefficient (Wildman–Crippen LogP) is 5.88. The number of allylic oxidation sites excluding steroid dienone is 1. The van der Waals surface area contributed by atoms with Crippen LogP contribution in [0.4, 0.5) is 11.4 Å². The van der Waals surface area contributed by atoms with E-state index in [0.717, 1.165) is 24.2 Å². The van der Waals surface area contributed by atoms with E-state index in [9.17, 15) is 0 Å². The molecule has 1 aliphatic carbocycles. The summed E-state index contributed by atoms with van der Waals surface area (Å²) >= 11 is 0. The summed E-state index contributed by atoms with van der Waals surface area (Å²) in [4.78, 5) is 4.30. The summed E-state index contributed by atoms with van der Waals surface area (Å²) in [6, 6.07) is 15.4. The molecule has 3 nitrogen and oxygen atoms in total. The molecule has 0 bridgehead atoms. The van der Waals surface area contributed by atoms with Crippen molar-refractivity contribution < 1.29 is 0 Å². The highest BCUT2D eigenvalue weighted by molar-refractivity contribution is 6.07. The Labute approximate surface area is 163 Å². The molecule has 3 rings (SSSR count). The Balaban J connectivity index is 2.05. The van der Waals surface area contributed by atoms with Crippen LogP contribution >= 0.6 is 0 Å². The fourth-order valence-electron chi connectivity index (χ4n) is 3.83. The smallest absolute Gasteiger partial charge is 0.203 e. The predicted molar refractivity (Wildman–Crippen MR) is 118 cm³/mol. The first-order valence-corrected chi connectivity index (χ1v) is 9.98. The molecule has 0 saturated heterocycles. The van der Waals surface area contributed by atoms with Crippen molar-refractivity contribution >= 4 is 23.4 Å². The van der Waals surface area contributed by atoms with Crippen molar-refractivity contribution in [3.05, 3.63) is 65.2 Å². The van der Waals surface area contributed by atoms with Gasteiger partial charge in [0.2, 0.25) is 5.96 Å². The number of hydrogen-bond donors (Lipinski definition) is 1. The number of rotatable bonds is 5. The van der Waals surface area contributed by atoms with E-state index in [1.54, 1.807) is 0 Å². The van der Waals surface area contributed by atoms with E-state index in [2.05, 4.69) is 99.0 Å². The number of nitrogens with zero attached hydrogens (tertiary/aromatic N) is 2. The van der Waals surface area contributed by atoms with E-state index in [4.69, 9.17) is 5.41 Å². The molecule has 2 aromatic rings. The van der Waals surface area contributed by atoms with Crippen LogP contribution in [0.25, 0.3) is 6.08 Å². The van der Waals surface area contributed by atoms with Gasteiger partial charge in [-0.2, -0.15) is 0 Å². The van der Waals surface area contributed by atoms with Crippen molar-refractivity contribution in [1.29, 1.82) is 5.41 Å². The number of nitrogens with one attached hydrogen (secondary N) is 1. The largest absolute Gasteiger partial charge is 0.310 e. The Morgan fingerprint density at radius 3 is 2.37 bits per heavy atom. The number of hydrogen-bond acceptors (Lipinski definition) is 1. The molecule has 0 amide bonds. The average molecular weight is 362 g/mol. The van der Waals surface area contributed by atoms with Crippen molar-refractivity contribution in [1.82, 2.24) is 0 Å². The Bertz CT molecular complexity index is 848. The van der Waals surface area contributed by atoms with E-state index in [1.165, 1.54) is 16.7 Å². The number of benzene rings is 2. The topological polar surface area (TPSA) is 30.3 Å². The summed E-state index contributed by atoms with van der Waals surface area (Å²) in [6.45, 7) is 10.8. The molecule has 0 heterocycles. The second-order valence-electron chi connectivity index (χ2n) is 7.73. The molecule has 0 fully saturated rings. The molecule has 142 valence electrons. The molecule has 0 aromatic heterocycles. The Hall–Kier alpha value is -2.55. The van der Waals surface area contributed by atoms with E-state index < -0.39 is 0 Å². The molecule has 1 aliphatic rings. The second kappa shape index (κ2) is 7.99. The van der Waals surface area contributed by atoms with Crippen LogP contribution in [0.15, 0.2) is 48.5 Å². The summed E-state index contributed by atoms with van der Waals surface area (Å²) < 4.78 is 0. The Morgan fingerprint density at radius 2 is 1.70 bits per heavy atom. The molecular weight excluding hydrogens is 330 g/mol. The molecule has 0 aliphatic heterocycles. The zero-order valence-corrected chi connectivity index (χ0v) is 17.2. The normalized spacial score (nSPS) is 12.6. The summed E-state index contributed by atoms with van der Waals surface area (Å²) in [6.07, 6.45) is 6.39. The van der Waals surface area contributed by atoms with Crippen LogP contribution in [0.2, 0.25) is 0 Å². The molecule has 2 aromatic carbocycles. The molecular formula is C24H31N3. The summed E-state index contributed by atoms with van der Waals surface area (Å²) in [5.74, 6) is 0.530. The highest BCUT2D eigenvalue weighted by Crippen LogP contribution is 2.33. The van der Waals surface area contributed by atoms with Gasteiger partial charge < -0.3 is 9.80 Å². The van der Waals surface area contributed by atoms with Gasteiger partial charge in [-0.1, -0.05) is 43.3 Å². The second-order valence-corrected chi connectivity index (χ2v) is 7.73. The van der Waals surface area contributed by atoms with Gasteiger partial charge in [0.15, 0.2) is 0 Å². The van der Waals surface area contributed by atoms with Crippen molar-refractivity contribution in [3.8, 4) is 0 Å². The quantitative estimate of drug-likeness (QED) is 0.532. The van der Waals surface area contributed by atoms with Gasteiger partial charge in [0.25, 0.3) is 0 Å². The van der Waals surface area contributed by atoms with Crippen molar-refractivity contribution in [2.24, 2.45) is 0 Å². The van der Waals surface area contributed by atoms with Gasteiger partial charge in [0.05, 0.1) is 5.69 Å². The third-order valence-electron chi connectivity index (χ3n) is 5.14. The third-order valence-corrected chi connectivity index (χ3v) is 5.14. The minimum absolute atomic E-state index is 0.189. The lowest BCUT2D eigenvalue weighted by Gasteiger charge is -2.39. The summed E-state index contributed by atoms with van der Waals surface area (Å²) in [5.41, 5.74) is 6.10. The summed E-state index contributed by atoms with van der Waals surface area (Å²) in [7, 11) is 0. The molecule has 1 N–H and O–H groups in total. The van der Waals surface area contributed by atoms with Crippen LogP contribution in [-0.2, 0) is 12.8 Å². The minimum atomic E-state index is 0.189. The van der Waals surface area contributed by atoms with Crippen LogP contribution in [0.5, 0.6) is 0 Å². The summed E-state index contributed by atoms with van der Waals surface area (Å²) in [5, 5.41) is 9.16. The van der Waals surface area contributed by atoms with Gasteiger partial charge in [0.1, 0.15) is 0 Å². The first-order chi connectivity index (χ1) is 12.9. The maximum absolute atomic E-state index is 9.16. The Kier molecular flexibility index (Phi) is 5.69. The molecule has 0 unspecified atom stereocenters. The monoisotopic (exact) mass is 361 g/mol. The van der Waals surface area contributed by atoms with Gasteiger partial charge in [-0.05, 0) is 69.9 Å². The van der Waals surface area contributed by atoms with Gasteiger partial charge in [-0.15, -0.1) is 0 Å². The number of guanidine groups is 1. The van der Waals surface area contributed by atoms with E-state index in [0.29, 0.717) is 5.96 Å². The minimum Gasteiger partial charge on any atom is -0.310 e. The fraction of sp³-hybridized carbons (Fsp3) is 0.375. The van der Waals surface area contributed by atoms with Crippen molar-refractivity contribution in [2.75, 3.05) is 9.80 Å². The van der Waals surface area contributed by atoms with Gasteiger partial charge in [-0.25, -0.2) is 0 Å². The third kappa shape index (κ3) is 3.78. The number of aryl methyl sites for hydroxylation is 1. The fourth-order valence-corrected chi connectivity index (χ4v) is 3.83. The lowest BCUT2D eigenvalue weighted by atomic mass is 10.1. The zero-order valence-electron chi connectivity index (χ0n) is 17.2. The molecule has 0 radical (unpaired) electrons. The van der Waals surface area contributed by atoms with Crippen LogP contribution in [0, 0.1) is 5.41 Å². The lowest BCUT2D eigenvalue weighted by molar-refractivity contribution is 0.745. The van der Waals surface area contributed by atoms with Crippen molar-refractivity contribution in [2.45, 2.75) is 59.5 Å². The average Bonchev–Trinajstić information content (AvgIpc) is 3.11. The van der Waals surface area contributed by atoms with Gasteiger partial charge in [-0.3, -0.25) is 5.41 Å². The molecule has 27 heavy (non-hydrogen) atoms. The standard InChI is InChI=1S/C24H31N3/c1-6-19-10-7-13-21(16-19)26(17(2)3)24(25)27(18(4)5)23-15-9-12-20-11-8-14-22(20)23/h7-10,12-18,25H,6,11H2,1-5H3. The molecule has 0 spiro atoms. The Morgan fingerprint density at radius 1 is 1.00 bits per heavy atom. The number of anilines is 2. The van der Waals surface area contributed by atoms with E-state index in [-0.39, 0.29) is 12.1 Å². The van der Waals surface area contributed by atoms with E-state index in [1.807, 2.05) is 0 Å². The first-order valence-electron chi connectivity index (χ1n) is 9.98. The highest BCUT2D eigenvalue weighted by Gasteiger charge is 2.27. The highest BCUT2D eigenvalue weighted by atomic mass is 15.4. The van der Waals surface area contributed by atoms with Crippen molar-refractivity contribution in [3.63, 3.8) is 0 Å². The maximum Gasteiger partial charge on any atom is 0.203 e. The SMILES string of the molecule is CCc1cccc(N(C(=N)N(c2cccc3c2C=CC3)C(C)C)C(C)C)c1. The van der Waals surface area contributed by atoms with Crippen LogP contribution in [0.1, 0.15) is 51.3 Å². The van der Waals surface area contributed by atoms with E-state index >= 15 is 0 Å². The van der Waals surface area contributed by atoms with Crippen LogP contribution in [0.3, 0.4) is 0 Å². The zero-order chi connectivity index (χ0) is 19.6.